The van der Waals surface area contributed by atoms with E-state index < -0.39 is 42.8 Å². The normalized spacial score (nSPS) is 48.4. The third-order valence-corrected chi connectivity index (χ3v) is 4.83. The number of nitrogens with two attached hydrogens (primary N) is 3. The summed E-state index contributed by atoms with van der Waals surface area (Å²) in [5.41, 5.74) is 17.7. The highest BCUT2D eigenvalue weighted by Crippen LogP contribution is 2.28. The van der Waals surface area contributed by atoms with Crippen LogP contribution >= 0.6 is 0 Å². The van der Waals surface area contributed by atoms with Crippen LogP contribution in [0, 0.1) is 0 Å². The molecule has 0 spiro atoms. The van der Waals surface area contributed by atoms with Crippen molar-refractivity contribution in [2.24, 2.45) is 17.2 Å². The van der Waals surface area contributed by atoms with E-state index in [4.69, 9.17) is 31.4 Å². The minimum Gasteiger partial charge on any atom is -0.389 e. The molecule has 9 atom stereocenters. The Kier molecular flexibility index (Phi) is 6.72. The molecule has 1 saturated carbocycles. The molecule has 0 bridgehead atoms. The highest BCUT2D eigenvalue weighted by atomic mass is 16.7. The topological polar surface area (TPSA) is 158 Å². The van der Waals surface area contributed by atoms with Crippen LogP contribution in [0.1, 0.15) is 12.8 Å². The number of hydrogen-bond donors (Lipinski definition) is 6. The summed E-state index contributed by atoms with van der Waals surface area (Å²) in [5, 5.41) is 23.9. The maximum Gasteiger partial charge on any atom is 0.173 e. The zero-order valence-corrected chi connectivity index (χ0v) is 13.7. The van der Waals surface area contributed by atoms with Crippen molar-refractivity contribution in [1.29, 1.82) is 0 Å². The summed E-state index contributed by atoms with van der Waals surface area (Å²) in [4.78, 5) is 0. The minimum absolute atomic E-state index is 0.131. The van der Waals surface area contributed by atoms with Crippen LogP contribution in [0.3, 0.4) is 0 Å². The Morgan fingerprint density at radius 3 is 2.43 bits per heavy atom. The average molecular weight is 334 g/mol. The molecular formula is C14H30N4O5. The summed E-state index contributed by atoms with van der Waals surface area (Å²) in [6.45, 7) is 0.374. The Balaban J connectivity index is 2.10. The van der Waals surface area contributed by atoms with E-state index in [1.54, 1.807) is 7.05 Å². The first-order valence-corrected chi connectivity index (χ1v) is 8.02. The van der Waals surface area contributed by atoms with Gasteiger partial charge in [-0.25, -0.2) is 0 Å². The number of aliphatic hydroxyl groups is 2. The largest absolute Gasteiger partial charge is 0.389 e. The lowest BCUT2D eigenvalue weighted by Crippen LogP contribution is -2.71. The van der Waals surface area contributed by atoms with Crippen molar-refractivity contribution >= 4 is 0 Å². The zero-order valence-electron chi connectivity index (χ0n) is 13.7. The van der Waals surface area contributed by atoms with E-state index in [0.717, 1.165) is 6.42 Å². The van der Waals surface area contributed by atoms with Gasteiger partial charge in [-0.2, -0.15) is 0 Å². The molecule has 9 nitrogen and oxygen atoms in total. The number of nitrogens with one attached hydrogen (secondary N) is 1. The van der Waals surface area contributed by atoms with Gasteiger partial charge in [-0.1, -0.05) is 0 Å². The van der Waals surface area contributed by atoms with Gasteiger partial charge in [-0.15, -0.1) is 0 Å². The van der Waals surface area contributed by atoms with E-state index in [9.17, 15) is 10.2 Å². The van der Waals surface area contributed by atoms with Crippen molar-refractivity contribution in [1.82, 2.24) is 5.32 Å². The van der Waals surface area contributed by atoms with Gasteiger partial charge in [0, 0.05) is 13.7 Å². The second kappa shape index (κ2) is 8.15. The molecule has 0 aromatic rings. The highest BCUT2D eigenvalue weighted by molar-refractivity contribution is 5.05. The van der Waals surface area contributed by atoms with E-state index in [1.165, 1.54) is 7.11 Å². The predicted octanol–water partition coefficient (Wildman–Crippen LogP) is -3.17. The second-order valence-electron chi connectivity index (χ2n) is 6.28. The van der Waals surface area contributed by atoms with Crippen molar-refractivity contribution in [2.75, 3.05) is 20.7 Å². The molecule has 9 heteroatoms. The Bertz CT molecular complexity index is 377. The molecule has 1 aliphatic carbocycles. The van der Waals surface area contributed by atoms with Crippen molar-refractivity contribution in [3.63, 3.8) is 0 Å². The molecule has 0 aromatic carbocycles. The molecule has 23 heavy (non-hydrogen) atoms. The molecule has 2 rings (SSSR count). The van der Waals surface area contributed by atoms with Crippen LogP contribution in [0.15, 0.2) is 0 Å². The number of rotatable bonds is 5. The fourth-order valence-electron chi connectivity index (χ4n) is 3.38. The van der Waals surface area contributed by atoms with Gasteiger partial charge in [0.2, 0.25) is 0 Å². The molecule has 0 aromatic heterocycles. The number of hydrogen-bond acceptors (Lipinski definition) is 9. The summed E-state index contributed by atoms with van der Waals surface area (Å²) in [7, 11) is 3.14. The summed E-state index contributed by atoms with van der Waals surface area (Å²) in [6, 6.07) is -1.68. The van der Waals surface area contributed by atoms with Gasteiger partial charge >= 0.3 is 0 Å². The van der Waals surface area contributed by atoms with Crippen LogP contribution in [-0.2, 0) is 14.2 Å². The van der Waals surface area contributed by atoms with E-state index in [-0.39, 0.29) is 12.1 Å². The van der Waals surface area contributed by atoms with Crippen molar-refractivity contribution in [3.8, 4) is 0 Å². The first-order chi connectivity index (χ1) is 10.9. The van der Waals surface area contributed by atoms with Gasteiger partial charge < -0.3 is 46.9 Å². The van der Waals surface area contributed by atoms with Gasteiger partial charge in [0.05, 0.1) is 36.4 Å². The van der Waals surface area contributed by atoms with E-state index in [0.29, 0.717) is 13.0 Å². The van der Waals surface area contributed by atoms with Crippen LogP contribution in [0.4, 0.5) is 0 Å². The lowest BCUT2D eigenvalue weighted by molar-refractivity contribution is -0.259. The molecule has 1 aliphatic heterocycles. The Morgan fingerprint density at radius 1 is 1.17 bits per heavy atom. The molecule has 9 unspecified atom stereocenters. The third-order valence-electron chi connectivity index (χ3n) is 4.83. The smallest absolute Gasteiger partial charge is 0.173 e. The first-order valence-electron chi connectivity index (χ1n) is 8.02. The molecule has 9 N–H and O–H groups in total. The number of likely N-dealkylation sites (N-methyl/N-ethyl adjacent to an activating group) is 1. The van der Waals surface area contributed by atoms with Crippen LogP contribution in [0.25, 0.3) is 0 Å². The van der Waals surface area contributed by atoms with Gasteiger partial charge in [0.15, 0.2) is 6.29 Å². The highest BCUT2D eigenvalue weighted by Gasteiger charge is 2.50. The summed E-state index contributed by atoms with van der Waals surface area (Å²) in [5.74, 6) is 0. The molecule has 1 heterocycles. The van der Waals surface area contributed by atoms with E-state index in [1.807, 2.05) is 0 Å². The van der Waals surface area contributed by atoms with Crippen LogP contribution in [0.5, 0.6) is 0 Å². The Morgan fingerprint density at radius 2 is 1.87 bits per heavy atom. The lowest BCUT2D eigenvalue weighted by atomic mass is 9.81. The third kappa shape index (κ3) is 3.84. The average Bonchev–Trinajstić information content (AvgIpc) is 2.56. The lowest BCUT2D eigenvalue weighted by Gasteiger charge is -2.47. The van der Waals surface area contributed by atoms with Crippen molar-refractivity contribution in [3.05, 3.63) is 0 Å². The van der Waals surface area contributed by atoms with Gasteiger partial charge in [0.1, 0.15) is 12.2 Å². The summed E-state index contributed by atoms with van der Waals surface area (Å²) in [6.07, 6.45) is -2.80. The molecule has 2 fully saturated rings. The molecule has 0 amide bonds. The second-order valence-corrected chi connectivity index (χ2v) is 6.28. The zero-order chi connectivity index (χ0) is 17.1. The number of methoxy groups -OCH3 is 1. The minimum atomic E-state index is -0.990. The maximum absolute atomic E-state index is 10.6. The Labute approximate surface area is 136 Å². The van der Waals surface area contributed by atoms with Crippen molar-refractivity contribution in [2.45, 2.75) is 67.8 Å². The fraction of sp³-hybridized carbons (Fsp3) is 1.00. The van der Waals surface area contributed by atoms with E-state index in [2.05, 4.69) is 5.32 Å². The number of ether oxygens (including phenoxy) is 3. The maximum atomic E-state index is 10.6. The molecular weight excluding hydrogens is 304 g/mol. The number of aliphatic hydroxyl groups excluding tert-OH is 2. The SMILES string of the molecule is CNC1C(O)C(OC2OC(CN)CCC2N)C(N)C(O)C1OC. The first kappa shape index (κ1) is 19.0. The van der Waals surface area contributed by atoms with Gasteiger partial charge in [-0.3, -0.25) is 0 Å². The molecule has 1 saturated heterocycles. The quantitative estimate of drug-likeness (QED) is 0.305. The van der Waals surface area contributed by atoms with Gasteiger partial charge in [-0.05, 0) is 19.9 Å². The van der Waals surface area contributed by atoms with Crippen molar-refractivity contribution < 1.29 is 24.4 Å². The molecule has 2 aliphatic rings. The molecule has 0 radical (unpaired) electrons. The summed E-state index contributed by atoms with van der Waals surface area (Å²) >= 11 is 0. The Hall–Kier alpha value is -0.360. The van der Waals surface area contributed by atoms with E-state index >= 15 is 0 Å². The van der Waals surface area contributed by atoms with Crippen LogP contribution < -0.4 is 22.5 Å². The van der Waals surface area contributed by atoms with Crippen LogP contribution in [0.2, 0.25) is 0 Å². The monoisotopic (exact) mass is 334 g/mol. The van der Waals surface area contributed by atoms with Gasteiger partial charge in [0.25, 0.3) is 0 Å². The fourth-order valence-corrected chi connectivity index (χ4v) is 3.38. The van der Waals surface area contributed by atoms with Crippen LogP contribution in [-0.4, -0.2) is 85.9 Å². The standard InChI is InChI=1S/C14H30N4O5/c1-18-9-11(20)12(8(17)10(19)13(9)21-2)23-14-7(16)4-3-6(5-15)22-14/h6-14,18-20H,3-5,15-17H2,1-2H3. The molecule has 136 valence electrons. The predicted molar refractivity (Wildman–Crippen MR) is 83.4 cm³/mol. The summed E-state index contributed by atoms with van der Waals surface area (Å²) < 4.78 is 16.9.